The van der Waals surface area contributed by atoms with Crippen molar-refractivity contribution in [3.8, 4) is 11.5 Å². The first-order chi connectivity index (χ1) is 14.6. The molecule has 1 aliphatic heterocycles. The van der Waals surface area contributed by atoms with E-state index in [0.717, 1.165) is 48.1 Å². The summed E-state index contributed by atoms with van der Waals surface area (Å²) in [7, 11) is 3.25. The van der Waals surface area contributed by atoms with Crippen LogP contribution in [0, 0.1) is 5.92 Å². The van der Waals surface area contributed by atoms with E-state index in [2.05, 4.69) is 16.3 Å². The number of nitrogens with zero attached hydrogens (tertiary/aromatic N) is 1. The number of rotatable bonds is 9. The van der Waals surface area contributed by atoms with E-state index in [1.807, 2.05) is 36.4 Å². The zero-order valence-corrected chi connectivity index (χ0v) is 18.6. The fourth-order valence-electron chi connectivity index (χ4n) is 4.04. The van der Waals surface area contributed by atoms with Crippen molar-refractivity contribution in [3.63, 3.8) is 0 Å². The number of methoxy groups -OCH3 is 2. The van der Waals surface area contributed by atoms with E-state index in [4.69, 9.17) is 21.1 Å². The molecule has 0 saturated carbocycles. The van der Waals surface area contributed by atoms with Crippen LogP contribution in [0.25, 0.3) is 0 Å². The Hall–Kier alpha value is -2.24. The molecule has 2 aromatic rings. The van der Waals surface area contributed by atoms with E-state index in [-0.39, 0.29) is 5.91 Å². The molecule has 0 bridgehead atoms. The molecule has 0 aliphatic carbocycles. The molecule has 1 unspecified atom stereocenters. The maximum Gasteiger partial charge on any atom is 0.220 e. The summed E-state index contributed by atoms with van der Waals surface area (Å²) in [6.45, 7) is 3.51. The van der Waals surface area contributed by atoms with Crippen LogP contribution in [-0.2, 0) is 17.9 Å². The highest BCUT2D eigenvalue weighted by atomic mass is 35.5. The Morgan fingerprint density at radius 3 is 2.83 bits per heavy atom. The van der Waals surface area contributed by atoms with Crippen LogP contribution in [0.3, 0.4) is 0 Å². The smallest absolute Gasteiger partial charge is 0.220 e. The second-order valence-electron chi connectivity index (χ2n) is 7.87. The Bertz CT molecular complexity index is 843. The number of amides is 1. The van der Waals surface area contributed by atoms with Gasteiger partial charge in [0.05, 0.1) is 14.2 Å². The van der Waals surface area contributed by atoms with E-state index in [1.165, 1.54) is 18.4 Å². The topological polar surface area (TPSA) is 50.8 Å². The van der Waals surface area contributed by atoms with Gasteiger partial charge in [-0.1, -0.05) is 23.7 Å². The van der Waals surface area contributed by atoms with Gasteiger partial charge in [0.15, 0.2) is 0 Å². The summed E-state index contributed by atoms with van der Waals surface area (Å²) < 4.78 is 10.6. The van der Waals surface area contributed by atoms with Crippen LogP contribution in [0.5, 0.6) is 11.5 Å². The average Bonchev–Trinajstić information content (AvgIpc) is 2.76. The number of hydrogen-bond acceptors (Lipinski definition) is 4. The van der Waals surface area contributed by atoms with Crippen molar-refractivity contribution < 1.29 is 14.3 Å². The molecule has 1 atom stereocenters. The van der Waals surface area contributed by atoms with E-state index in [9.17, 15) is 4.79 Å². The Balaban J connectivity index is 1.43. The largest absolute Gasteiger partial charge is 0.497 e. The summed E-state index contributed by atoms with van der Waals surface area (Å²) in [6, 6.07) is 13.7. The normalized spacial score (nSPS) is 16.8. The summed E-state index contributed by atoms with van der Waals surface area (Å²) in [5.41, 5.74) is 2.19. The highest BCUT2D eigenvalue weighted by molar-refractivity contribution is 6.30. The molecule has 6 heteroatoms. The molecular formula is C24H31ClN2O3. The van der Waals surface area contributed by atoms with Crippen molar-refractivity contribution in [3.05, 3.63) is 58.6 Å². The predicted molar refractivity (Wildman–Crippen MR) is 120 cm³/mol. The molecule has 3 rings (SSSR count). The second-order valence-corrected chi connectivity index (χ2v) is 8.30. The molecule has 1 heterocycles. The molecular weight excluding hydrogens is 400 g/mol. The summed E-state index contributed by atoms with van der Waals surface area (Å²) in [6.07, 6.45) is 3.83. The molecule has 0 radical (unpaired) electrons. The van der Waals surface area contributed by atoms with Gasteiger partial charge in [0.25, 0.3) is 0 Å². The summed E-state index contributed by atoms with van der Waals surface area (Å²) in [4.78, 5) is 14.9. The Labute approximate surface area is 184 Å². The van der Waals surface area contributed by atoms with Gasteiger partial charge in [0.2, 0.25) is 5.91 Å². The third-order valence-corrected chi connectivity index (χ3v) is 5.88. The molecule has 2 aromatic carbocycles. The van der Waals surface area contributed by atoms with Crippen molar-refractivity contribution in [1.82, 2.24) is 10.2 Å². The van der Waals surface area contributed by atoms with Gasteiger partial charge in [-0.15, -0.1) is 0 Å². The Kier molecular flexibility index (Phi) is 8.40. The van der Waals surface area contributed by atoms with Crippen molar-refractivity contribution in [2.75, 3.05) is 27.3 Å². The Morgan fingerprint density at radius 1 is 1.20 bits per heavy atom. The molecule has 1 N–H and O–H groups in total. The lowest BCUT2D eigenvalue weighted by Gasteiger charge is -2.32. The molecule has 0 aromatic heterocycles. The lowest BCUT2D eigenvalue weighted by Crippen LogP contribution is -2.35. The van der Waals surface area contributed by atoms with Crippen molar-refractivity contribution in [2.45, 2.75) is 38.8 Å². The first kappa shape index (κ1) is 22.4. The predicted octanol–water partition coefficient (Wildman–Crippen LogP) is 4.67. The summed E-state index contributed by atoms with van der Waals surface area (Å²) in [5.74, 6) is 2.10. The number of ether oxygens (including phenoxy) is 2. The van der Waals surface area contributed by atoms with Gasteiger partial charge >= 0.3 is 0 Å². The monoisotopic (exact) mass is 430 g/mol. The van der Waals surface area contributed by atoms with Crippen molar-refractivity contribution >= 4 is 17.5 Å². The maximum absolute atomic E-state index is 12.4. The summed E-state index contributed by atoms with van der Waals surface area (Å²) >= 11 is 6.11. The number of piperidine rings is 1. The third-order valence-electron chi connectivity index (χ3n) is 5.65. The molecule has 1 fully saturated rings. The van der Waals surface area contributed by atoms with Crippen molar-refractivity contribution in [1.29, 1.82) is 0 Å². The molecule has 1 amide bonds. The molecule has 0 spiro atoms. The van der Waals surface area contributed by atoms with Gasteiger partial charge in [-0.25, -0.2) is 0 Å². The van der Waals surface area contributed by atoms with Gasteiger partial charge in [0.1, 0.15) is 11.5 Å². The number of halogens is 1. The first-order valence-corrected chi connectivity index (χ1v) is 10.9. The van der Waals surface area contributed by atoms with E-state index >= 15 is 0 Å². The number of likely N-dealkylation sites (tertiary alicyclic amines) is 1. The Morgan fingerprint density at radius 2 is 2.07 bits per heavy atom. The van der Waals surface area contributed by atoms with Crippen LogP contribution < -0.4 is 14.8 Å². The van der Waals surface area contributed by atoms with Gasteiger partial charge in [-0.3, -0.25) is 9.69 Å². The quantitative estimate of drug-likeness (QED) is 0.628. The number of nitrogens with one attached hydrogen (secondary N) is 1. The van der Waals surface area contributed by atoms with Crippen LogP contribution >= 0.6 is 11.6 Å². The fourth-order valence-corrected chi connectivity index (χ4v) is 4.25. The number of carbonyl (C=O) groups excluding carboxylic acids is 1. The van der Waals surface area contributed by atoms with Crippen molar-refractivity contribution in [2.24, 2.45) is 5.92 Å². The van der Waals surface area contributed by atoms with Gasteiger partial charge in [-0.05, 0) is 61.6 Å². The number of benzene rings is 2. The zero-order valence-electron chi connectivity index (χ0n) is 17.8. The zero-order chi connectivity index (χ0) is 21.3. The third kappa shape index (κ3) is 6.64. The van der Waals surface area contributed by atoms with Crippen LogP contribution in [0.4, 0.5) is 0 Å². The summed E-state index contributed by atoms with van der Waals surface area (Å²) in [5, 5.41) is 3.80. The van der Waals surface area contributed by atoms with Crippen LogP contribution in [0.15, 0.2) is 42.5 Å². The highest BCUT2D eigenvalue weighted by Gasteiger charge is 2.21. The van der Waals surface area contributed by atoms with E-state index in [1.54, 1.807) is 14.2 Å². The first-order valence-electron chi connectivity index (χ1n) is 10.5. The van der Waals surface area contributed by atoms with Gasteiger partial charge in [0, 0.05) is 42.7 Å². The molecule has 5 nitrogen and oxygen atoms in total. The molecule has 162 valence electrons. The van der Waals surface area contributed by atoms with Gasteiger partial charge < -0.3 is 14.8 Å². The highest BCUT2D eigenvalue weighted by Crippen LogP contribution is 2.25. The fraction of sp³-hybridized carbons (Fsp3) is 0.458. The maximum atomic E-state index is 12.4. The lowest BCUT2D eigenvalue weighted by molar-refractivity contribution is -0.121. The molecule has 30 heavy (non-hydrogen) atoms. The van der Waals surface area contributed by atoms with Crippen LogP contribution in [0.1, 0.15) is 36.8 Å². The molecule has 1 aliphatic rings. The van der Waals surface area contributed by atoms with Crippen LogP contribution in [-0.4, -0.2) is 38.1 Å². The van der Waals surface area contributed by atoms with Crippen LogP contribution in [0.2, 0.25) is 5.02 Å². The number of hydrogen-bond donors (Lipinski definition) is 1. The van der Waals surface area contributed by atoms with E-state index < -0.39 is 0 Å². The minimum Gasteiger partial charge on any atom is -0.497 e. The SMILES string of the molecule is COc1ccc(CNC(=O)CCC2CCCN(Cc3cccc(Cl)c3)C2)c(OC)c1. The standard InChI is InChI=1S/C24H31ClN2O3/c1-29-22-10-9-20(23(14-22)30-2)15-26-24(28)11-8-18-6-4-12-27(16-18)17-19-5-3-7-21(25)13-19/h3,5,7,9-10,13-14,18H,4,6,8,11-12,15-17H2,1-2H3,(H,26,28). The second kappa shape index (κ2) is 11.2. The minimum absolute atomic E-state index is 0.0832. The van der Waals surface area contributed by atoms with Gasteiger partial charge in [-0.2, -0.15) is 0 Å². The molecule has 1 saturated heterocycles. The van der Waals surface area contributed by atoms with E-state index in [0.29, 0.717) is 18.9 Å². The number of carbonyl (C=O) groups is 1. The minimum atomic E-state index is 0.0832. The lowest BCUT2D eigenvalue weighted by atomic mass is 9.93. The average molecular weight is 431 g/mol.